The van der Waals surface area contributed by atoms with Gasteiger partial charge in [0.1, 0.15) is 17.5 Å². The van der Waals surface area contributed by atoms with Crippen LogP contribution in [0.1, 0.15) is 26.1 Å². The van der Waals surface area contributed by atoms with E-state index in [1.54, 1.807) is 0 Å². The molecule has 0 unspecified atom stereocenters. The molecule has 2 aromatic rings. The fraction of sp³-hybridized carbons (Fsp3) is 0.333. The number of rotatable bonds is 6. The van der Waals surface area contributed by atoms with Crippen LogP contribution < -0.4 is 10.6 Å². The highest BCUT2D eigenvalue weighted by Gasteiger charge is 2.05. The Morgan fingerprint density at radius 1 is 1.14 bits per heavy atom. The highest BCUT2D eigenvalue weighted by Crippen LogP contribution is 2.27. The van der Waals surface area contributed by atoms with E-state index < -0.39 is 0 Å². The van der Waals surface area contributed by atoms with Gasteiger partial charge in [-0.2, -0.15) is 0 Å². The van der Waals surface area contributed by atoms with Crippen molar-refractivity contribution in [2.45, 2.75) is 26.7 Å². The number of aryl methyl sites for hydroxylation is 1. The molecule has 1 aromatic carbocycles. The summed E-state index contributed by atoms with van der Waals surface area (Å²) in [4.78, 5) is 9.03. The number of benzene rings is 1. The van der Waals surface area contributed by atoms with Crippen LogP contribution in [0.4, 0.5) is 17.3 Å². The Balaban J connectivity index is 2.26. The topological polar surface area (TPSA) is 49.8 Å². The lowest BCUT2D eigenvalue weighted by atomic mass is 10.3. The van der Waals surface area contributed by atoms with Crippen molar-refractivity contribution >= 4 is 44.9 Å². The molecule has 0 aliphatic carbocycles. The summed E-state index contributed by atoms with van der Waals surface area (Å²) in [5.41, 5.74) is 0.895. The fourth-order valence-corrected chi connectivity index (χ4v) is 2.32. The lowest BCUT2D eigenvalue weighted by Gasteiger charge is -2.11. The Bertz CT molecular complexity index is 594. The number of hydrogen-bond acceptors (Lipinski definition) is 4. The molecule has 0 spiro atoms. The van der Waals surface area contributed by atoms with Gasteiger partial charge in [0.05, 0.1) is 5.02 Å². The van der Waals surface area contributed by atoms with Crippen molar-refractivity contribution in [3.8, 4) is 0 Å². The molecule has 2 N–H and O–H groups in total. The van der Waals surface area contributed by atoms with Gasteiger partial charge in [-0.15, -0.1) is 0 Å². The molecule has 0 amide bonds. The predicted molar refractivity (Wildman–Crippen MR) is 92.6 cm³/mol. The van der Waals surface area contributed by atoms with Crippen molar-refractivity contribution in [1.82, 2.24) is 9.97 Å². The third-order valence-corrected chi connectivity index (χ3v) is 4.03. The monoisotopic (exact) mass is 368 g/mol. The van der Waals surface area contributed by atoms with Crippen LogP contribution in [-0.2, 0) is 6.42 Å². The van der Waals surface area contributed by atoms with E-state index in [1.807, 2.05) is 31.2 Å². The normalized spacial score (nSPS) is 10.5. The Kier molecular flexibility index (Phi) is 5.82. The molecule has 0 aliphatic heterocycles. The van der Waals surface area contributed by atoms with E-state index >= 15 is 0 Å². The molecule has 4 nitrogen and oxygen atoms in total. The highest BCUT2D eigenvalue weighted by molar-refractivity contribution is 9.10. The highest BCUT2D eigenvalue weighted by atomic mass is 79.9. The summed E-state index contributed by atoms with van der Waals surface area (Å²) >= 11 is 9.49. The summed E-state index contributed by atoms with van der Waals surface area (Å²) in [5, 5.41) is 7.16. The van der Waals surface area contributed by atoms with Crippen LogP contribution in [0.25, 0.3) is 0 Å². The van der Waals surface area contributed by atoms with Gasteiger partial charge < -0.3 is 10.6 Å². The number of hydrogen-bond donors (Lipinski definition) is 2. The lowest BCUT2D eigenvalue weighted by molar-refractivity contribution is 0.837. The lowest BCUT2D eigenvalue weighted by Crippen LogP contribution is -2.06. The van der Waals surface area contributed by atoms with Crippen LogP contribution in [0, 0.1) is 0 Å². The predicted octanol–water partition coefficient (Wildman–Crippen LogP) is 5.02. The second-order valence-electron chi connectivity index (χ2n) is 4.59. The minimum atomic E-state index is 0.662. The Morgan fingerprint density at radius 2 is 1.90 bits per heavy atom. The molecule has 0 atom stereocenters. The first-order valence-corrected chi connectivity index (χ1v) is 8.13. The molecular formula is C15H18BrClN4. The second kappa shape index (κ2) is 7.61. The molecule has 112 valence electrons. The molecule has 0 fully saturated rings. The van der Waals surface area contributed by atoms with Gasteiger partial charge in [0.2, 0.25) is 0 Å². The van der Waals surface area contributed by atoms with Gasteiger partial charge in [0.25, 0.3) is 0 Å². The minimum Gasteiger partial charge on any atom is -0.370 e. The standard InChI is InChI=1S/C15H18BrClN4/c1-3-5-13-20-14(18-4-2)9-15(21-13)19-10-6-7-11(16)12(17)8-10/h6-9H,3-5H2,1-2H3,(H2,18,19,20,21). The molecule has 1 heterocycles. The van der Waals surface area contributed by atoms with Crippen molar-refractivity contribution in [2.75, 3.05) is 17.2 Å². The number of nitrogens with one attached hydrogen (secondary N) is 2. The third kappa shape index (κ3) is 4.58. The molecule has 0 radical (unpaired) electrons. The molecule has 0 saturated heterocycles. The van der Waals surface area contributed by atoms with Crippen molar-refractivity contribution in [1.29, 1.82) is 0 Å². The first-order chi connectivity index (χ1) is 10.1. The summed E-state index contributed by atoms with van der Waals surface area (Å²) in [6.07, 6.45) is 1.87. The van der Waals surface area contributed by atoms with Crippen molar-refractivity contribution in [2.24, 2.45) is 0 Å². The Hall–Kier alpha value is -1.33. The largest absolute Gasteiger partial charge is 0.370 e. The van der Waals surface area contributed by atoms with Crippen molar-refractivity contribution in [3.05, 3.63) is 39.6 Å². The van der Waals surface area contributed by atoms with Gasteiger partial charge in [0.15, 0.2) is 0 Å². The van der Waals surface area contributed by atoms with E-state index in [2.05, 4.69) is 43.5 Å². The first kappa shape index (κ1) is 16.0. The van der Waals surface area contributed by atoms with E-state index in [0.29, 0.717) is 5.02 Å². The van der Waals surface area contributed by atoms with E-state index in [1.165, 1.54) is 0 Å². The first-order valence-electron chi connectivity index (χ1n) is 6.96. The average molecular weight is 370 g/mol. The Morgan fingerprint density at radius 3 is 2.57 bits per heavy atom. The third-order valence-electron chi connectivity index (χ3n) is 2.80. The molecule has 0 bridgehead atoms. The van der Waals surface area contributed by atoms with Gasteiger partial charge in [-0.3, -0.25) is 0 Å². The number of aromatic nitrogens is 2. The smallest absolute Gasteiger partial charge is 0.136 e. The molecule has 21 heavy (non-hydrogen) atoms. The quantitative estimate of drug-likeness (QED) is 0.750. The molecule has 1 aromatic heterocycles. The number of anilines is 3. The molecule has 2 rings (SSSR count). The minimum absolute atomic E-state index is 0.662. The van der Waals surface area contributed by atoms with Gasteiger partial charge in [-0.25, -0.2) is 9.97 Å². The summed E-state index contributed by atoms with van der Waals surface area (Å²) in [5.74, 6) is 2.44. The van der Waals surface area contributed by atoms with Crippen LogP contribution in [0.2, 0.25) is 5.02 Å². The molecule has 0 saturated carbocycles. The maximum atomic E-state index is 6.11. The molecule has 0 aliphatic rings. The number of halogens is 2. The summed E-state index contributed by atoms with van der Waals surface area (Å²) in [6, 6.07) is 7.62. The molecular weight excluding hydrogens is 352 g/mol. The van der Waals surface area contributed by atoms with Crippen molar-refractivity contribution in [3.63, 3.8) is 0 Å². The zero-order valence-electron chi connectivity index (χ0n) is 12.1. The maximum Gasteiger partial charge on any atom is 0.136 e. The summed E-state index contributed by atoms with van der Waals surface area (Å²) in [6.45, 7) is 4.99. The van der Waals surface area contributed by atoms with Crippen LogP contribution in [0.5, 0.6) is 0 Å². The van der Waals surface area contributed by atoms with E-state index in [9.17, 15) is 0 Å². The van der Waals surface area contributed by atoms with Crippen LogP contribution in [0.15, 0.2) is 28.7 Å². The SMILES string of the molecule is CCCc1nc(NCC)cc(Nc2ccc(Br)c(Cl)c2)n1. The summed E-state index contributed by atoms with van der Waals surface area (Å²) in [7, 11) is 0. The molecule has 6 heteroatoms. The van der Waals surface area contributed by atoms with Gasteiger partial charge >= 0.3 is 0 Å². The van der Waals surface area contributed by atoms with Crippen LogP contribution in [0.3, 0.4) is 0 Å². The van der Waals surface area contributed by atoms with E-state index in [-0.39, 0.29) is 0 Å². The Labute approximate surface area is 138 Å². The fourth-order valence-electron chi connectivity index (χ4n) is 1.89. The van der Waals surface area contributed by atoms with Crippen molar-refractivity contribution < 1.29 is 0 Å². The van der Waals surface area contributed by atoms with Gasteiger partial charge in [-0.1, -0.05) is 18.5 Å². The van der Waals surface area contributed by atoms with Crippen LogP contribution in [-0.4, -0.2) is 16.5 Å². The van der Waals surface area contributed by atoms with Gasteiger partial charge in [0, 0.05) is 29.2 Å². The number of nitrogens with zero attached hydrogens (tertiary/aromatic N) is 2. The summed E-state index contributed by atoms with van der Waals surface area (Å²) < 4.78 is 0.873. The van der Waals surface area contributed by atoms with Crippen LogP contribution >= 0.6 is 27.5 Å². The maximum absolute atomic E-state index is 6.11. The van der Waals surface area contributed by atoms with Gasteiger partial charge in [-0.05, 0) is 47.5 Å². The van der Waals surface area contributed by atoms with E-state index in [0.717, 1.165) is 47.0 Å². The zero-order valence-corrected chi connectivity index (χ0v) is 14.4. The van der Waals surface area contributed by atoms with E-state index in [4.69, 9.17) is 11.6 Å². The second-order valence-corrected chi connectivity index (χ2v) is 5.85. The zero-order chi connectivity index (χ0) is 15.2. The average Bonchev–Trinajstić information content (AvgIpc) is 2.43.